The summed E-state index contributed by atoms with van der Waals surface area (Å²) >= 11 is 7.34. The van der Waals surface area contributed by atoms with Crippen LogP contribution in [0, 0.1) is 5.82 Å². The Morgan fingerprint density at radius 1 is 1.24 bits per heavy atom. The molecule has 0 bridgehead atoms. The van der Waals surface area contributed by atoms with Crippen molar-refractivity contribution >= 4 is 39.2 Å². The number of aromatic nitrogens is 5. The lowest BCUT2D eigenvalue weighted by atomic mass is 10.1. The van der Waals surface area contributed by atoms with Gasteiger partial charge in [-0.25, -0.2) is 13.8 Å². The normalized spacial score (nSPS) is 20.8. The molecule has 1 saturated heterocycles. The molecule has 0 N–H and O–H groups in total. The fraction of sp³-hybridized carbons (Fsp3) is 0.440. The van der Waals surface area contributed by atoms with Gasteiger partial charge < -0.3 is 9.64 Å². The van der Waals surface area contributed by atoms with E-state index in [4.69, 9.17) is 26.3 Å². The molecule has 1 saturated carbocycles. The lowest BCUT2D eigenvalue weighted by Crippen LogP contribution is -2.43. The Hall–Kier alpha value is -2.89. The fourth-order valence-electron chi connectivity index (χ4n) is 4.76. The Kier molecular flexibility index (Phi) is 6.46. The number of alkyl halides is 1. The SMILES string of the molecule is C/N=c1/sc2c(-c3ccc(Cl)cc3F)nc(N3C[C@@H](C)O[C@@H](c4cnn(C5CC5)c4)C3)nc2n1CCF. The van der Waals surface area contributed by atoms with Crippen LogP contribution < -0.4 is 9.70 Å². The maximum Gasteiger partial charge on any atom is 0.228 e. The minimum Gasteiger partial charge on any atom is -0.367 e. The van der Waals surface area contributed by atoms with Gasteiger partial charge >= 0.3 is 0 Å². The van der Waals surface area contributed by atoms with Crippen molar-refractivity contribution in [1.29, 1.82) is 0 Å². The summed E-state index contributed by atoms with van der Waals surface area (Å²) in [6.07, 6.45) is 5.91. The lowest BCUT2D eigenvalue weighted by Gasteiger charge is -2.36. The van der Waals surface area contributed by atoms with Crippen molar-refractivity contribution in [3.63, 3.8) is 0 Å². The number of hydrogen-bond acceptors (Lipinski definition) is 7. The van der Waals surface area contributed by atoms with Crippen LogP contribution in [-0.4, -0.2) is 57.2 Å². The van der Waals surface area contributed by atoms with Gasteiger partial charge in [-0.1, -0.05) is 22.9 Å². The van der Waals surface area contributed by atoms with Crippen LogP contribution >= 0.6 is 22.9 Å². The zero-order valence-corrected chi connectivity index (χ0v) is 22.0. The summed E-state index contributed by atoms with van der Waals surface area (Å²) in [5, 5.41) is 4.82. The summed E-state index contributed by atoms with van der Waals surface area (Å²) in [5.41, 5.74) is 2.26. The molecule has 0 amide bonds. The Bertz CT molecular complexity index is 1530. The van der Waals surface area contributed by atoms with Crippen molar-refractivity contribution < 1.29 is 13.5 Å². The number of morpholine rings is 1. The van der Waals surface area contributed by atoms with E-state index in [1.54, 1.807) is 23.7 Å². The number of rotatable bonds is 6. The largest absolute Gasteiger partial charge is 0.367 e. The molecule has 6 rings (SSSR count). The van der Waals surface area contributed by atoms with Gasteiger partial charge in [-0.05, 0) is 38.0 Å². The van der Waals surface area contributed by atoms with E-state index in [9.17, 15) is 4.39 Å². The number of anilines is 1. The molecule has 194 valence electrons. The highest BCUT2D eigenvalue weighted by Crippen LogP contribution is 2.37. The number of halogens is 3. The minimum atomic E-state index is -0.579. The van der Waals surface area contributed by atoms with Crippen LogP contribution in [0.4, 0.5) is 14.7 Å². The average molecular weight is 546 g/mol. The molecule has 3 aromatic heterocycles. The standard InChI is InChI=1S/C25H26ClF2N7OS/c1-14-11-33(13-20(36-14)15-10-30-35(12-15)17-4-5-17)24-31-21(18-6-3-16(26)9-19(18)28)22-23(32-24)34(8-7-27)25(29-2)37-22/h3,6,9-10,12,14,17,20H,4-5,7-8,11,13H2,1-2H3/b29-25+/t14-,20-/m1/s1. The molecule has 4 aromatic rings. The summed E-state index contributed by atoms with van der Waals surface area (Å²) in [4.78, 5) is 16.7. The third-order valence-electron chi connectivity index (χ3n) is 6.66. The van der Waals surface area contributed by atoms with Gasteiger partial charge in [0.25, 0.3) is 0 Å². The molecule has 1 aliphatic carbocycles. The Labute approximate surface area is 221 Å². The molecule has 8 nitrogen and oxygen atoms in total. The molecular formula is C25H26ClF2N7OS. The van der Waals surface area contributed by atoms with E-state index in [-0.39, 0.29) is 18.8 Å². The van der Waals surface area contributed by atoms with Gasteiger partial charge in [0.2, 0.25) is 5.95 Å². The van der Waals surface area contributed by atoms with E-state index in [0.29, 0.717) is 56.5 Å². The first-order chi connectivity index (χ1) is 17.9. The first-order valence-electron chi connectivity index (χ1n) is 12.2. The van der Waals surface area contributed by atoms with Crippen molar-refractivity contribution in [3.8, 4) is 11.3 Å². The molecule has 2 fully saturated rings. The van der Waals surface area contributed by atoms with Gasteiger partial charge in [0, 0.05) is 35.9 Å². The van der Waals surface area contributed by atoms with Crippen LogP contribution in [0.15, 0.2) is 35.6 Å². The second kappa shape index (κ2) is 9.77. The topological polar surface area (TPSA) is 73.4 Å². The molecule has 1 aliphatic heterocycles. The predicted octanol–water partition coefficient (Wildman–Crippen LogP) is 4.95. The molecule has 0 radical (unpaired) electrons. The highest BCUT2D eigenvalue weighted by Gasteiger charge is 2.32. The fourth-order valence-corrected chi connectivity index (χ4v) is 5.98. The van der Waals surface area contributed by atoms with E-state index in [1.165, 1.54) is 17.4 Å². The predicted molar refractivity (Wildman–Crippen MR) is 139 cm³/mol. The maximum absolute atomic E-state index is 15.1. The number of ether oxygens (including phenoxy) is 1. The number of fused-ring (bicyclic) bond motifs is 1. The van der Waals surface area contributed by atoms with E-state index in [0.717, 1.165) is 18.4 Å². The second-order valence-corrected chi connectivity index (χ2v) is 10.8. The quantitative estimate of drug-likeness (QED) is 0.343. The van der Waals surface area contributed by atoms with E-state index >= 15 is 4.39 Å². The molecule has 12 heteroatoms. The highest BCUT2D eigenvalue weighted by atomic mass is 35.5. The molecule has 1 aromatic carbocycles. The molecule has 0 spiro atoms. The minimum absolute atomic E-state index is 0.0914. The Balaban J connectivity index is 1.47. The van der Waals surface area contributed by atoms with E-state index < -0.39 is 12.5 Å². The number of hydrogen-bond donors (Lipinski definition) is 0. The first kappa shape index (κ1) is 24.4. The van der Waals surface area contributed by atoms with Crippen molar-refractivity contribution in [2.45, 2.75) is 44.6 Å². The van der Waals surface area contributed by atoms with E-state index in [2.05, 4.69) is 16.3 Å². The molecule has 2 aliphatic rings. The highest BCUT2D eigenvalue weighted by molar-refractivity contribution is 7.16. The van der Waals surface area contributed by atoms with E-state index in [1.807, 2.05) is 22.7 Å². The van der Waals surface area contributed by atoms with Crippen molar-refractivity contribution in [2.24, 2.45) is 4.99 Å². The van der Waals surface area contributed by atoms with Crippen LogP contribution in [0.25, 0.3) is 21.6 Å². The molecular weight excluding hydrogens is 520 g/mol. The number of benzene rings is 1. The second-order valence-electron chi connectivity index (χ2n) is 9.42. The zero-order chi connectivity index (χ0) is 25.7. The van der Waals surface area contributed by atoms with Crippen LogP contribution in [0.3, 0.4) is 0 Å². The summed E-state index contributed by atoms with van der Waals surface area (Å²) < 4.78 is 39.3. The van der Waals surface area contributed by atoms with Crippen LogP contribution in [0.2, 0.25) is 5.02 Å². The average Bonchev–Trinajstić information content (AvgIpc) is 3.50. The molecule has 2 atom stereocenters. The molecule has 37 heavy (non-hydrogen) atoms. The van der Waals surface area contributed by atoms with Gasteiger partial charge in [0.05, 0.1) is 37.1 Å². The lowest BCUT2D eigenvalue weighted by molar-refractivity contribution is -0.0178. The van der Waals surface area contributed by atoms with Gasteiger partial charge in [-0.2, -0.15) is 10.1 Å². The monoisotopic (exact) mass is 545 g/mol. The summed E-state index contributed by atoms with van der Waals surface area (Å²) in [5.74, 6) is -0.0563. The van der Waals surface area contributed by atoms with Crippen molar-refractivity contribution in [2.75, 3.05) is 31.7 Å². The van der Waals surface area contributed by atoms with Gasteiger partial charge in [0.1, 0.15) is 23.3 Å². The first-order valence-corrected chi connectivity index (χ1v) is 13.4. The number of thiazole rings is 1. The van der Waals surface area contributed by atoms with Crippen LogP contribution in [0.5, 0.6) is 0 Å². The summed E-state index contributed by atoms with van der Waals surface area (Å²) in [7, 11) is 1.65. The maximum atomic E-state index is 15.1. The third-order valence-corrected chi connectivity index (χ3v) is 8.06. The Morgan fingerprint density at radius 3 is 2.81 bits per heavy atom. The molecule has 0 unspecified atom stereocenters. The van der Waals surface area contributed by atoms with Gasteiger partial charge in [0.15, 0.2) is 10.4 Å². The van der Waals surface area contributed by atoms with Crippen molar-refractivity contribution in [3.05, 3.63) is 51.8 Å². The summed E-state index contributed by atoms with van der Waals surface area (Å²) in [6.45, 7) is 2.58. The number of aryl methyl sites for hydroxylation is 1. The zero-order valence-electron chi connectivity index (χ0n) is 20.4. The smallest absolute Gasteiger partial charge is 0.228 e. The van der Waals surface area contributed by atoms with Crippen molar-refractivity contribution in [1.82, 2.24) is 24.3 Å². The van der Waals surface area contributed by atoms with Crippen LogP contribution in [-0.2, 0) is 11.3 Å². The van der Waals surface area contributed by atoms with Gasteiger partial charge in [-0.3, -0.25) is 14.2 Å². The Morgan fingerprint density at radius 2 is 2.08 bits per heavy atom. The van der Waals surface area contributed by atoms with Gasteiger partial charge in [-0.15, -0.1) is 0 Å². The van der Waals surface area contributed by atoms with Crippen LogP contribution in [0.1, 0.15) is 37.5 Å². The molecule has 4 heterocycles. The summed E-state index contributed by atoms with van der Waals surface area (Å²) in [6, 6.07) is 4.99. The third kappa shape index (κ3) is 4.64. The number of nitrogens with zero attached hydrogens (tertiary/aromatic N) is 7.